The Hall–Kier alpha value is -2.12. The van der Waals surface area contributed by atoms with E-state index < -0.39 is 6.04 Å². The number of fused-ring (bicyclic) bond motifs is 1. The van der Waals surface area contributed by atoms with E-state index in [0.717, 1.165) is 24.1 Å². The minimum atomic E-state index is -0.412. The Bertz CT molecular complexity index is 835. The summed E-state index contributed by atoms with van der Waals surface area (Å²) in [6.45, 7) is 6.79. The number of nitrogens with one attached hydrogen (secondary N) is 2. The van der Waals surface area contributed by atoms with Crippen LogP contribution in [0.25, 0.3) is 11.0 Å². The molecular formula is C19H26ClN5O2. The van der Waals surface area contributed by atoms with Gasteiger partial charge in [0.15, 0.2) is 0 Å². The highest BCUT2D eigenvalue weighted by Crippen LogP contribution is 2.18. The molecule has 0 bridgehead atoms. The van der Waals surface area contributed by atoms with E-state index in [-0.39, 0.29) is 18.2 Å². The van der Waals surface area contributed by atoms with Gasteiger partial charge >= 0.3 is 0 Å². The van der Waals surface area contributed by atoms with Crippen molar-refractivity contribution in [3.63, 3.8) is 0 Å². The Kier molecular flexibility index (Phi) is 6.01. The van der Waals surface area contributed by atoms with Crippen molar-refractivity contribution in [2.75, 3.05) is 26.7 Å². The van der Waals surface area contributed by atoms with Crippen molar-refractivity contribution in [3.05, 3.63) is 29.0 Å². The highest BCUT2D eigenvalue weighted by molar-refractivity contribution is 6.31. The van der Waals surface area contributed by atoms with Gasteiger partial charge in [0.05, 0.1) is 30.0 Å². The second kappa shape index (κ2) is 8.27. The van der Waals surface area contributed by atoms with Crippen molar-refractivity contribution in [2.45, 2.75) is 32.9 Å². The summed E-state index contributed by atoms with van der Waals surface area (Å²) >= 11 is 6.00. The minimum absolute atomic E-state index is 0.0676. The first kappa shape index (κ1) is 19.6. The van der Waals surface area contributed by atoms with Gasteiger partial charge in [-0.1, -0.05) is 25.4 Å². The normalized spacial score (nSPS) is 18.1. The second-order valence-electron chi connectivity index (χ2n) is 7.49. The van der Waals surface area contributed by atoms with Gasteiger partial charge in [-0.2, -0.15) is 0 Å². The molecule has 2 aromatic rings. The van der Waals surface area contributed by atoms with Crippen LogP contribution in [0.2, 0.25) is 5.02 Å². The fourth-order valence-corrected chi connectivity index (χ4v) is 3.59. The summed E-state index contributed by atoms with van der Waals surface area (Å²) in [5.41, 5.74) is 1.65. The highest BCUT2D eigenvalue weighted by atomic mass is 35.5. The molecule has 0 spiro atoms. The van der Waals surface area contributed by atoms with Crippen LogP contribution in [0.5, 0.6) is 0 Å². The number of amides is 2. The maximum Gasteiger partial charge on any atom is 0.237 e. The predicted molar refractivity (Wildman–Crippen MR) is 105 cm³/mol. The van der Waals surface area contributed by atoms with Gasteiger partial charge in [0.2, 0.25) is 11.8 Å². The molecule has 0 aliphatic carbocycles. The summed E-state index contributed by atoms with van der Waals surface area (Å²) in [7, 11) is 1.73. The van der Waals surface area contributed by atoms with Gasteiger partial charge in [-0.15, -0.1) is 0 Å². The molecule has 2 N–H and O–H groups in total. The zero-order chi connectivity index (χ0) is 19.6. The van der Waals surface area contributed by atoms with Crippen LogP contribution in [0, 0.1) is 5.92 Å². The molecule has 1 aliphatic heterocycles. The molecule has 1 atom stereocenters. The molecule has 2 amide bonds. The number of hydrogen-bond donors (Lipinski definition) is 2. The lowest BCUT2D eigenvalue weighted by atomic mass is 10.1. The van der Waals surface area contributed by atoms with E-state index in [2.05, 4.69) is 34.0 Å². The number of piperazine rings is 1. The van der Waals surface area contributed by atoms with Crippen molar-refractivity contribution in [3.8, 4) is 0 Å². The Morgan fingerprint density at radius 3 is 2.96 bits per heavy atom. The lowest BCUT2D eigenvalue weighted by Gasteiger charge is -2.36. The van der Waals surface area contributed by atoms with Crippen molar-refractivity contribution >= 4 is 34.4 Å². The molecule has 1 aromatic carbocycles. The predicted octanol–water partition coefficient (Wildman–Crippen LogP) is 2.02. The number of aromatic amines is 1. The van der Waals surface area contributed by atoms with E-state index in [1.54, 1.807) is 18.0 Å². The van der Waals surface area contributed by atoms with Crippen LogP contribution in [-0.2, 0) is 16.1 Å². The van der Waals surface area contributed by atoms with Gasteiger partial charge in [0.1, 0.15) is 5.82 Å². The Labute approximate surface area is 164 Å². The summed E-state index contributed by atoms with van der Waals surface area (Å²) in [6, 6.07) is 5.03. The monoisotopic (exact) mass is 391 g/mol. The van der Waals surface area contributed by atoms with E-state index in [1.807, 2.05) is 12.1 Å². The summed E-state index contributed by atoms with van der Waals surface area (Å²) in [6.07, 6.45) is 0.168. The standard InChI is InChI=1S/C19H26ClN5O2/c1-12(2)10-25-7-6-21-19(27)16(25)9-18(26)24(3)11-17-22-14-5-4-13(20)8-15(14)23-17/h4-5,8,12,16H,6-7,9-11H2,1-3H3,(H,21,27)(H,22,23)/t16-/m1/s1. The summed E-state index contributed by atoms with van der Waals surface area (Å²) in [5.74, 6) is 0.982. The number of halogens is 1. The number of rotatable bonds is 6. The van der Waals surface area contributed by atoms with Crippen molar-refractivity contribution in [2.24, 2.45) is 5.92 Å². The number of H-pyrrole nitrogens is 1. The molecule has 1 aliphatic rings. The highest BCUT2D eigenvalue weighted by Gasteiger charge is 2.32. The molecule has 0 saturated carbocycles. The Morgan fingerprint density at radius 1 is 1.44 bits per heavy atom. The number of benzene rings is 1. The molecule has 1 saturated heterocycles. The second-order valence-corrected chi connectivity index (χ2v) is 7.93. The van der Waals surface area contributed by atoms with Crippen molar-refractivity contribution in [1.82, 2.24) is 25.1 Å². The maximum atomic E-state index is 12.7. The smallest absolute Gasteiger partial charge is 0.237 e. The molecule has 1 aromatic heterocycles. The largest absolute Gasteiger partial charge is 0.353 e. The van der Waals surface area contributed by atoms with Crippen LogP contribution in [0.1, 0.15) is 26.1 Å². The number of nitrogens with zero attached hydrogens (tertiary/aromatic N) is 3. The van der Waals surface area contributed by atoms with E-state index in [4.69, 9.17) is 11.6 Å². The third kappa shape index (κ3) is 4.78. The number of imidazole rings is 1. The van der Waals surface area contributed by atoms with Crippen LogP contribution in [0.4, 0.5) is 0 Å². The molecule has 8 heteroatoms. The molecule has 0 unspecified atom stereocenters. The van der Waals surface area contributed by atoms with E-state index >= 15 is 0 Å². The lowest BCUT2D eigenvalue weighted by Crippen LogP contribution is -2.57. The van der Waals surface area contributed by atoms with Crippen LogP contribution in [-0.4, -0.2) is 64.3 Å². The Morgan fingerprint density at radius 2 is 2.22 bits per heavy atom. The SMILES string of the molecule is CC(C)CN1CCNC(=O)[C@H]1CC(=O)N(C)Cc1nc2ccc(Cl)cc2[nH]1. The molecule has 1 fully saturated rings. The topological polar surface area (TPSA) is 81.3 Å². The zero-order valence-corrected chi connectivity index (χ0v) is 16.7. The number of carbonyl (C=O) groups is 2. The van der Waals surface area contributed by atoms with Gasteiger partial charge in [-0.3, -0.25) is 14.5 Å². The first-order valence-corrected chi connectivity index (χ1v) is 9.61. The zero-order valence-electron chi connectivity index (χ0n) is 16.0. The van der Waals surface area contributed by atoms with E-state index in [0.29, 0.717) is 29.9 Å². The molecule has 146 valence electrons. The van der Waals surface area contributed by atoms with Crippen molar-refractivity contribution in [1.29, 1.82) is 0 Å². The third-order valence-electron chi connectivity index (χ3n) is 4.71. The van der Waals surface area contributed by atoms with Gasteiger partial charge < -0.3 is 15.2 Å². The first-order chi connectivity index (χ1) is 12.8. The Balaban J connectivity index is 1.65. The van der Waals surface area contributed by atoms with E-state index in [9.17, 15) is 9.59 Å². The molecule has 2 heterocycles. The average Bonchev–Trinajstić information content (AvgIpc) is 2.98. The van der Waals surface area contributed by atoms with Gasteiger partial charge in [0, 0.05) is 31.7 Å². The van der Waals surface area contributed by atoms with Gasteiger partial charge in [0.25, 0.3) is 0 Å². The van der Waals surface area contributed by atoms with Crippen LogP contribution in [0.3, 0.4) is 0 Å². The average molecular weight is 392 g/mol. The quantitative estimate of drug-likeness (QED) is 0.789. The first-order valence-electron chi connectivity index (χ1n) is 9.23. The summed E-state index contributed by atoms with van der Waals surface area (Å²) in [5, 5.41) is 3.50. The molecule has 27 heavy (non-hydrogen) atoms. The fourth-order valence-electron chi connectivity index (χ4n) is 3.42. The maximum absolute atomic E-state index is 12.7. The number of carbonyl (C=O) groups excluding carboxylic acids is 2. The van der Waals surface area contributed by atoms with Crippen LogP contribution < -0.4 is 5.32 Å². The molecule has 0 radical (unpaired) electrons. The molecule has 3 rings (SSSR count). The number of aromatic nitrogens is 2. The van der Waals surface area contributed by atoms with Crippen LogP contribution >= 0.6 is 11.6 Å². The minimum Gasteiger partial charge on any atom is -0.353 e. The van der Waals surface area contributed by atoms with Gasteiger partial charge in [-0.05, 0) is 24.1 Å². The lowest BCUT2D eigenvalue weighted by molar-refractivity contribution is -0.138. The number of hydrogen-bond acceptors (Lipinski definition) is 4. The molecular weight excluding hydrogens is 366 g/mol. The third-order valence-corrected chi connectivity index (χ3v) is 4.95. The van der Waals surface area contributed by atoms with Gasteiger partial charge in [-0.25, -0.2) is 4.98 Å². The van der Waals surface area contributed by atoms with Crippen LogP contribution in [0.15, 0.2) is 18.2 Å². The summed E-state index contributed by atoms with van der Waals surface area (Å²) < 4.78 is 0. The van der Waals surface area contributed by atoms with E-state index in [1.165, 1.54) is 0 Å². The summed E-state index contributed by atoms with van der Waals surface area (Å²) in [4.78, 5) is 36.4. The fraction of sp³-hybridized carbons (Fsp3) is 0.526. The molecule has 7 nitrogen and oxygen atoms in total. The van der Waals surface area contributed by atoms with Crippen molar-refractivity contribution < 1.29 is 9.59 Å².